The van der Waals surface area contributed by atoms with Crippen LogP contribution < -0.4 is 10.9 Å². The van der Waals surface area contributed by atoms with Gasteiger partial charge in [0.1, 0.15) is 0 Å². The fourth-order valence-corrected chi connectivity index (χ4v) is 2.10. The van der Waals surface area contributed by atoms with Gasteiger partial charge in [0.25, 0.3) is 5.56 Å². The van der Waals surface area contributed by atoms with Crippen LogP contribution in [0.2, 0.25) is 0 Å². The molecule has 0 aliphatic rings. The van der Waals surface area contributed by atoms with Crippen LogP contribution in [0.4, 0.5) is 0 Å². The van der Waals surface area contributed by atoms with Crippen molar-refractivity contribution in [2.75, 3.05) is 6.54 Å². The summed E-state index contributed by atoms with van der Waals surface area (Å²) in [6.07, 6.45) is 2.64. The number of hydrogen-bond donors (Lipinski definition) is 1. The highest BCUT2D eigenvalue weighted by Gasteiger charge is 2.08. The molecule has 0 radical (unpaired) electrons. The zero-order valence-electron chi connectivity index (χ0n) is 10.9. The summed E-state index contributed by atoms with van der Waals surface area (Å²) >= 11 is 0. The Morgan fingerprint density at radius 1 is 1.33 bits per heavy atom. The molecule has 4 nitrogen and oxygen atoms in total. The normalized spacial score (nSPS) is 12.8. The second-order valence-electron chi connectivity index (χ2n) is 4.38. The maximum Gasteiger partial charge on any atom is 0.261 e. The van der Waals surface area contributed by atoms with Crippen molar-refractivity contribution in [3.63, 3.8) is 0 Å². The quantitative estimate of drug-likeness (QED) is 0.873. The summed E-state index contributed by atoms with van der Waals surface area (Å²) in [5.41, 5.74) is 0.798. The van der Waals surface area contributed by atoms with Gasteiger partial charge in [-0.2, -0.15) is 0 Å². The van der Waals surface area contributed by atoms with E-state index in [1.54, 1.807) is 10.9 Å². The van der Waals surface area contributed by atoms with Crippen molar-refractivity contribution in [1.29, 1.82) is 0 Å². The number of fused-ring (bicyclic) bond motifs is 1. The van der Waals surface area contributed by atoms with Crippen LogP contribution in [0.3, 0.4) is 0 Å². The molecule has 0 spiro atoms. The monoisotopic (exact) mass is 245 g/mol. The summed E-state index contributed by atoms with van der Waals surface area (Å²) in [6, 6.07) is 7.78. The van der Waals surface area contributed by atoms with Gasteiger partial charge in [-0.05, 0) is 25.1 Å². The van der Waals surface area contributed by atoms with E-state index in [9.17, 15) is 4.79 Å². The molecular weight excluding hydrogens is 226 g/mol. The molecule has 1 N–H and O–H groups in total. The van der Waals surface area contributed by atoms with Gasteiger partial charge < -0.3 is 5.32 Å². The average molecular weight is 245 g/mol. The molecule has 1 aromatic carbocycles. The van der Waals surface area contributed by atoms with Gasteiger partial charge in [-0.15, -0.1) is 0 Å². The smallest absolute Gasteiger partial charge is 0.261 e. The number of benzene rings is 1. The van der Waals surface area contributed by atoms with Crippen molar-refractivity contribution in [1.82, 2.24) is 14.9 Å². The molecule has 0 fully saturated rings. The molecule has 0 bridgehead atoms. The molecule has 1 aromatic heterocycles. The summed E-state index contributed by atoms with van der Waals surface area (Å²) in [4.78, 5) is 16.6. The first-order chi connectivity index (χ1) is 8.76. The van der Waals surface area contributed by atoms with Crippen LogP contribution in [-0.4, -0.2) is 22.1 Å². The van der Waals surface area contributed by atoms with E-state index >= 15 is 0 Å². The Morgan fingerprint density at radius 2 is 2.11 bits per heavy atom. The summed E-state index contributed by atoms with van der Waals surface area (Å²) in [5.74, 6) is 0. The van der Waals surface area contributed by atoms with Crippen molar-refractivity contribution in [3.8, 4) is 0 Å². The lowest BCUT2D eigenvalue weighted by atomic mass is 10.2. The molecule has 0 aliphatic carbocycles. The second kappa shape index (κ2) is 5.78. The van der Waals surface area contributed by atoms with Crippen LogP contribution in [0.1, 0.15) is 20.3 Å². The first kappa shape index (κ1) is 12.8. The number of nitrogens with one attached hydrogen (secondary N) is 1. The van der Waals surface area contributed by atoms with Gasteiger partial charge in [-0.1, -0.05) is 26.0 Å². The standard InChI is InChI=1S/C14H19N3O/c1-3-11(15-4-2)9-17-10-16-13-8-6-5-7-12(13)14(17)18/h5-8,10-11,15H,3-4,9H2,1-2H3. The van der Waals surface area contributed by atoms with Gasteiger partial charge in [0, 0.05) is 12.6 Å². The van der Waals surface area contributed by atoms with Gasteiger partial charge in [-0.3, -0.25) is 9.36 Å². The SMILES string of the molecule is CCNC(CC)Cn1cnc2ccccc2c1=O. The molecule has 4 heteroatoms. The minimum atomic E-state index is 0.0388. The van der Waals surface area contributed by atoms with Crippen molar-refractivity contribution >= 4 is 10.9 Å². The van der Waals surface area contributed by atoms with Gasteiger partial charge >= 0.3 is 0 Å². The summed E-state index contributed by atoms with van der Waals surface area (Å²) < 4.78 is 1.69. The van der Waals surface area contributed by atoms with E-state index in [-0.39, 0.29) is 5.56 Å². The highest BCUT2D eigenvalue weighted by Crippen LogP contribution is 2.05. The van der Waals surface area contributed by atoms with E-state index in [0.717, 1.165) is 18.5 Å². The third-order valence-corrected chi connectivity index (χ3v) is 3.13. The van der Waals surface area contributed by atoms with Gasteiger partial charge in [0.15, 0.2) is 0 Å². The van der Waals surface area contributed by atoms with E-state index in [4.69, 9.17) is 0 Å². The second-order valence-corrected chi connectivity index (χ2v) is 4.38. The Hall–Kier alpha value is -1.68. The summed E-state index contributed by atoms with van der Waals surface area (Å²) in [5, 5.41) is 4.05. The minimum Gasteiger partial charge on any atom is -0.312 e. The van der Waals surface area contributed by atoms with Crippen LogP contribution in [-0.2, 0) is 6.54 Å². The molecule has 2 rings (SSSR count). The third kappa shape index (κ3) is 2.59. The van der Waals surface area contributed by atoms with E-state index < -0.39 is 0 Å². The van der Waals surface area contributed by atoms with E-state index in [1.807, 2.05) is 24.3 Å². The lowest BCUT2D eigenvalue weighted by Crippen LogP contribution is -2.36. The number of hydrogen-bond acceptors (Lipinski definition) is 3. The van der Waals surface area contributed by atoms with Gasteiger partial charge in [0.2, 0.25) is 0 Å². The fourth-order valence-electron chi connectivity index (χ4n) is 2.10. The highest BCUT2D eigenvalue weighted by molar-refractivity contribution is 5.76. The predicted molar refractivity (Wildman–Crippen MR) is 73.8 cm³/mol. The number of nitrogens with zero attached hydrogens (tertiary/aromatic N) is 2. The Balaban J connectivity index is 2.34. The molecule has 2 aromatic rings. The van der Waals surface area contributed by atoms with Crippen LogP contribution in [0, 0.1) is 0 Å². The van der Waals surface area contributed by atoms with Gasteiger partial charge in [-0.25, -0.2) is 4.98 Å². The van der Waals surface area contributed by atoms with Crippen molar-refractivity contribution in [3.05, 3.63) is 40.9 Å². The van der Waals surface area contributed by atoms with Crippen LogP contribution in [0.15, 0.2) is 35.4 Å². The zero-order valence-corrected chi connectivity index (χ0v) is 10.9. The van der Waals surface area contributed by atoms with Crippen molar-refractivity contribution in [2.45, 2.75) is 32.9 Å². The third-order valence-electron chi connectivity index (χ3n) is 3.13. The topological polar surface area (TPSA) is 46.9 Å². The molecule has 96 valence electrons. The van der Waals surface area contributed by atoms with E-state index in [1.165, 1.54) is 0 Å². The lowest BCUT2D eigenvalue weighted by Gasteiger charge is -2.17. The van der Waals surface area contributed by atoms with Crippen LogP contribution in [0.5, 0.6) is 0 Å². The Morgan fingerprint density at radius 3 is 2.83 bits per heavy atom. The maximum absolute atomic E-state index is 12.3. The lowest BCUT2D eigenvalue weighted by molar-refractivity contribution is 0.439. The van der Waals surface area contributed by atoms with Crippen molar-refractivity contribution < 1.29 is 0 Å². The number of rotatable bonds is 5. The van der Waals surface area contributed by atoms with E-state index in [0.29, 0.717) is 18.0 Å². The van der Waals surface area contributed by atoms with Crippen LogP contribution in [0.25, 0.3) is 10.9 Å². The fraction of sp³-hybridized carbons (Fsp3) is 0.429. The molecule has 0 saturated heterocycles. The minimum absolute atomic E-state index is 0.0388. The molecule has 1 atom stereocenters. The Bertz CT molecular complexity index is 577. The van der Waals surface area contributed by atoms with Crippen molar-refractivity contribution in [2.24, 2.45) is 0 Å². The number of aromatic nitrogens is 2. The first-order valence-corrected chi connectivity index (χ1v) is 6.43. The molecule has 0 aliphatic heterocycles. The molecule has 1 unspecified atom stereocenters. The Labute approximate surface area is 107 Å². The summed E-state index contributed by atoms with van der Waals surface area (Å²) in [6.45, 7) is 5.77. The maximum atomic E-state index is 12.3. The predicted octanol–water partition coefficient (Wildman–Crippen LogP) is 1.78. The molecule has 0 amide bonds. The number of para-hydroxylation sites is 1. The largest absolute Gasteiger partial charge is 0.312 e. The highest BCUT2D eigenvalue weighted by atomic mass is 16.1. The molecular formula is C14H19N3O. The van der Waals surface area contributed by atoms with Gasteiger partial charge in [0.05, 0.1) is 17.2 Å². The summed E-state index contributed by atoms with van der Waals surface area (Å²) in [7, 11) is 0. The molecule has 0 saturated carbocycles. The number of likely N-dealkylation sites (N-methyl/N-ethyl adjacent to an activating group) is 1. The Kier molecular flexibility index (Phi) is 4.10. The zero-order chi connectivity index (χ0) is 13.0. The van der Waals surface area contributed by atoms with Crippen LogP contribution >= 0.6 is 0 Å². The first-order valence-electron chi connectivity index (χ1n) is 6.43. The van der Waals surface area contributed by atoms with E-state index in [2.05, 4.69) is 24.1 Å². The molecule has 18 heavy (non-hydrogen) atoms. The molecule has 1 heterocycles. The average Bonchev–Trinajstić information content (AvgIpc) is 2.41.